The third kappa shape index (κ3) is 1.98. The number of aromatic amines is 1. The third-order valence-corrected chi connectivity index (χ3v) is 1.93. The Balaban J connectivity index is 1.96. The van der Waals surface area contributed by atoms with Gasteiger partial charge in [-0.15, -0.1) is 0 Å². The molecule has 0 radical (unpaired) electrons. The zero-order valence-electron chi connectivity index (χ0n) is 7.86. The van der Waals surface area contributed by atoms with E-state index in [1.807, 2.05) is 0 Å². The summed E-state index contributed by atoms with van der Waals surface area (Å²) < 4.78 is 4.87. The molecule has 2 heterocycles. The van der Waals surface area contributed by atoms with E-state index in [2.05, 4.69) is 15.5 Å². The minimum Gasteiger partial charge on any atom is -0.472 e. The molecule has 0 atom stereocenters. The highest BCUT2D eigenvalue weighted by molar-refractivity contribution is 5.96. The normalized spacial score (nSPS) is 10.1. The molecule has 15 heavy (non-hydrogen) atoms. The molecule has 6 nitrogen and oxygen atoms in total. The number of carbonyl (C=O) groups excluding carboxylic acids is 1. The van der Waals surface area contributed by atoms with Crippen LogP contribution >= 0.6 is 0 Å². The lowest BCUT2D eigenvalue weighted by Gasteiger charge is -2.01. The van der Waals surface area contributed by atoms with Gasteiger partial charge < -0.3 is 15.5 Å². The molecule has 0 saturated heterocycles. The van der Waals surface area contributed by atoms with Crippen LogP contribution in [0.15, 0.2) is 29.2 Å². The number of carbonyl (C=O) groups is 1. The maximum absolute atomic E-state index is 11.5. The van der Waals surface area contributed by atoms with Crippen LogP contribution in [0.1, 0.15) is 16.1 Å². The van der Waals surface area contributed by atoms with Crippen LogP contribution in [0.2, 0.25) is 0 Å². The lowest BCUT2D eigenvalue weighted by molar-refractivity contribution is 0.0947. The van der Waals surface area contributed by atoms with Crippen LogP contribution < -0.4 is 11.1 Å². The Morgan fingerprint density at radius 3 is 3.13 bits per heavy atom. The molecule has 0 unspecified atom stereocenters. The molecule has 2 rings (SSSR count). The largest absolute Gasteiger partial charge is 0.472 e. The number of furan rings is 1. The number of nitrogens with two attached hydrogens (primary N) is 1. The van der Waals surface area contributed by atoms with Crippen LogP contribution in [0.3, 0.4) is 0 Å². The standard InChI is InChI=1S/C9H10N4O2/c10-7-4-12-13-8(7)9(14)11-3-6-1-2-15-5-6/h1-2,4-5H,3,10H2,(H,11,14)(H,12,13). The van der Waals surface area contributed by atoms with Crippen molar-refractivity contribution in [1.29, 1.82) is 0 Å². The first kappa shape index (κ1) is 9.32. The van der Waals surface area contributed by atoms with E-state index in [9.17, 15) is 4.79 Å². The Hall–Kier alpha value is -2.24. The Kier molecular flexibility index (Phi) is 2.40. The third-order valence-electron chi connectivity index (χ3n) is 1.93. The Morgan fingerprint density at radius 2 is 2.53 bits per heavy atom. The molecule has 0 aliphatic rings. The maximum Gasteiger partial charge on any atom is 0.271 e. The predicted molar refractivity (Wildman–Crippen MR) is 52.9 cm³/mol. The molecule has 78 valence electrons. The molecule has 0 aliphatic heterocycles. The maximum atomic E-state index is 11.5. The van der Waals surface area contributed by atoms with Crippen molar-refractivity contribution in [3.05, 3.63) is 36.0 Å². The fourth-order valence-electron chi connectivity index (χ4n) is 1.14. The van der Waals surface area contributed by atoms with Crippen LogP contribution in [0.5, 0.6) is 0 Å². The lowest BCUT2D eigenvalue weighted by Crippen LogP contribution is -2.23. The number of nitrogens with one attached hydrogen (secondary N) is 2. The van der Waals surface area contributed by atoms with Crippen LogP contribution in [0, 0.1) is 0 Å². The average Bonchev–Trinajstić information content (AvgIpc) is 2.84. The number of hydrogen-bond donors (Lipinski definition) is 3. The molecule has 0 fully saturated rings. The van der Waals surface area contributed by atoms with Crippen molar-refractivity contribution in [1.82, 2.24) is 15.5 Å². The lowest BCUT2D eigenvalue weighted by atomic mass is 10.3. The molecular formula is C9H10N4O2. The summed E-state index contributed by atoms with van der Waals surface area (Å²) in [4.78, 5) is 11.5. The quantitative estimate of drug-likeness (QED) is 0.681. The highest BCUT2D eigenvalue weighted by Crippen LogP contribution is 2.06. The van der Waals surface area contributed by atoms with Gasteiger partial charge >= 0.3 is 0 Å². The number of rotatable bonds is 3. The number of aromatic nitrogens is 2. The molecule has 6 heteroatoms. The summed E-state index contributed by atoms with van der Waals surface area (Å²) in [6, 6.07) is 1.77. The summed E-state index contributed by atoms with van der Waals surface area (Å²) >= 11 is 0. The second-order valence-corrected chi connectivity index (χ2v) is 3.01. The SMILES string of the molecule is Nc1cn[nH]c1C(=O)NCc1ccoc1. The Morgan fingerprint density at radius 1 is 1.67 bits per heavy atom. The molecule has 0 saturated carbocycles. The topological polar surface area (TPSA) is 96.9 Å². The summed E-state index contributed by atoms with van der Waals surface area (Å²) in [5.74, 6) is -0.286. The van der Waals surface area contributed by atoms with Gasteiger partial charge in [-0.2, -0.15) is 5.10 Å². The summed E-state index contributed by atoms with van der Waals surface area (Å²) in [7, 11) is 0. The van der Waals surface area contributed by atoms with Gasteiger partial charge in [0.15, 0.2) is 0 Å². The number of nitrogens with zero attached hydrogens (tertiary/aromatic N) is 1. The van der Waals surface area contributed by atoms with Gasteiger partial charge in [0.25, 0.3) is 5.91 Å². The van der Waals surface area contributed by atoms with E-state index in [0.29, 0.717) is 12.2 Å². The molecule has 2 aromatic rings. The Bertz CT molecular complexity index is 446. The molecule has 4 N–H and O–H groups in total. The van der Waals surface area contributed by atoms with E-state index in [-0.39, 0.29) is 11.6 Å². The number of hydrogen-bond acceptors (Lipinski definition) is 4. The molecular weight excluding hydrogens is 196 g/mol. The van der Waals surface area contributed by atoms with E-state index in [1.54, 1.807) is 18.6 Å². The molecule has 2 aromatic heterocycles. The minimum atomic E-state index is -0.286. The molecule has 0 bridgehead atoms. The van der Waals surface area contributed by atoms with E-state index >= 15 is 0 Å². The van der Waals surface area contributed by atoms with E-state index in [1.165, 1.54) is 6.20 Å². The number of nitrogen functional groups attached to an aromatic ring is 1. The van der Waals surface area contributed by atoms with E-state index in [4.69, 9.17) is 10.2 Å². The van der Waals surface area contributed by atoms with Gasteiger partial charge in [0, 0.05) is 12.1 Å². The highest BCUT2D eigenvalue weighted by atomic mass is 16.3. The van der Waals surface area contributed by atoms with Gasteiger partial charge in [0.2, 0.25) is 0 Å². The van der Waals surface area contributed by atoms with Crippen LogP contribution in [0.4, 0.5) is 5.69 Å². The first-order valence-corrected chi connectivity index (χ1v) is 4.35. The van der Waals surface area contributed by atoms with Crippen LogP contribution in [-0.4, -0.2) is 16.1 Å². The van der Waals surface area contributed by atoms with Crippen molar-refractivity contribution < 1.29 is 9.21 Å². The monoisotopic (exact) mass is 206 g/mol. The van der Waals surface area contributed by atoms with Gasteiger partial charge in [-0.25, -0.2) is 0 Å². The van der Waals surface area contributed by atoms with Crippen LogP contribution in [0.25, 0.3) is 0 Å². The number of amides is 1. The smallest absolute Gasteiger partial charge is 0.271 e. The Labute approximate surface area is 85.5 Å². The van der Waals surface area contributed by atoms with Gasteiger partial charge in [-0.3, -0.25) is 9.89 Å². The minimum absolute atomic E-state index is 0.276. The van der Waals surface area contributed by atoms with E-state index in [0.717, 1.165) is 5.56 Å². The summed E-state index contributed by atoms with van der Waals surface area (Å²) in [5, 5.41) is 8.86. The zero-order chi connectivity index (χ0) is 10.7. The molecule has 0 spiro atoms. The summed E-state index contributed by atoms with van der Waals surface area (Å²) in [6.07, 6.45) is 4.51. The molecule has 1 amide bonds. The van der Waals surface area contributed by atoms with Crippen molar-refractivity contribution >= 4 is 11.6 Å². The van der Waals surface area contributed by atoms with E-state index < -0.39 is 0 Å². The van der Waals surface area contributed by atoms with Gasteiger partial charge in [-0.05, 0) is 6.07 Å². The van der Waals surface area contributed by atoms with Gasteiger partial charge in [-0.1, -0.05) is 0 Å². The first-order chi connectivity index (χ1) is 7.27. The summed E-state index contributed by atoms with van der Waals surface area (Å²) in [5.41, 5.74) is 7.02. The number of anilines is 1. The zero-order valence-corrected chi connectivity index (χ0v) is 7.86. The molecule has 0 aromatic carbocycles. The van der Waals surface area contributed by atoms with Crippen molar-refractivity contribution in [2.75, 3.05) is 5.73 Å². The van der Waals surface area contributed by atoms with Gasteiger partial charge in [0.05, 0.1) is 24.4 Å². The predicted octanol–water partition coefficient (Wildman–Crippen LogP) is 0.515. The van der Waals surface area contributed by atoms with Crippen molar-refractivity contribution in [2.45, 2.75) is 6.54 Å². The second-order valence-electron chi connectivity index (χ2n) is 3.01. The second kappa shape index (κ2) is 3.87. The first-order valence-electron chi connectivity index (χ1n) is 4.35. The fourth-order valence-corrected chi connectivity index (χ4v) is 1.14. The van der Waals surface area contributed by atoms with Crippen LogP contribution in [-0.2, 0) is 6.54 Å². The van der Waals surface area contributed by atoms with Crippen molar-refractivity contribution in [3.63, 3.8) is 0 Å². The van der Waals surface area contributed by atoms with Crippen molar-refractivity contribution in [3.8, 4) is 0 Å². The molecule has 0 aliphatic carbocycles. The van der Waals surface area contributed by atoms with Gasteiger partial charge in [0.1, 0.15) is 5.69 Å². The fraction of sp³-hybridized carbons (Fsp3) is 0.111. The average molecular weight is 206 g/mol. The van der Waals surface area contributed by atoms with Crippen molar-refractivity contribution in [2.24, 2.45) is 0 Å². The number of H-pyrrole nitrogens is 1. The highest BCUT2D eigenvalue weighted by Gasteiger charge is 2.10. The summed E-state index contributed by atoms with van der Waals surface area (Å²) in [6.45, 7) is 0.397.